The summed E-state index contributed by atoms with van der Waals surface area (Å²) in [5.41, 5.74) is -3.35. The first-order valence-electron chi connectivity index (χ1n) is 10.2. The molecule has 0 fully saturated rings. The van der Waals surface area contributed by atoms with E-state index in [1.807, 2.05) is 0 Å². The van der Waals surface area contributed by atoms with Gasteiger partial charge in [-0.05, 0) is 18.1 Å². The molecule has 0 bridgehead atoms. The Morgan fingerprint density at radius 1 is 1.24 bits per heavy atom. The zero-order valence-electron chi connectivity index (χ0n) is 17.6. The molecule has 34 heavy (non-hydrogen) atoms. The molecule has 5 rings (SSSR count). The fraction of sp³-hybridized carbons (Fsp3) is 0.286. The first-order valence-corrected chi connectivity index (χ1v) is 10.2. The summed E-state index contributed by atoms with van der Waals surface area (Å²) in [6.07, 6.45) is -0.261. The van der Waals surface area contributed by atoms with Crippen LogP contribution in [0.25, 0.3) is 22.3 Å². The van der Waals surface area contributed by atoms with Gasteiger partial charge in [-0.2, -0.15) is 0 Å². The van der Waals surface area contributed by atoms with Crippen molar-refractivity contribution in [2.24, 2.45) is 0 Å². The van der Waals surface area contributed by atoms with E-state index in [4.69, 9.17) is 4.74 Å². The molecule has 4 heterocycles. The van der Waals surface area contributed by atoms with E-state index in [-0.39, 0.29) is 29.9 Å². The predicted molar refractivity (Wildman–Crippen MR) is 113 cm³/mol. The third-order valence-corrected chi connectivity index (χ3v) is 6.30. The van der Waals surface area contributed by atoms with Crippen molar-refractivity contribution >= 4 is 22.6 Å². The van der Waals surface area contributed by atoms with Gasteiger partial charge in [-0.15, -0.1) is 10.1 Å². The number of fused-ring (bicyclic) bond motifs is 5. The average Bonchev–Trinajstić information content (AvgIpc) is 3.18. The lowest BCUT2D eigenvalue weighted by molar-refractivity contribution is -0.762. The Hall–Kier alpha value is -4.39. The molecule has 2 aliphatic rings. The van der Waals surface area contributed by atoms with Gasteiger partial charge in [0, 0.05) is 10.9 Å². The molecule has 13 nitrogen and oxygen atoms in total. The van der Waals surface area contributed by atoms with Crippen LogP contribution in [0.3, 0.4) is 0 Å². The molecule has 13 heteroatoms. The molecule has 0 spiro atoms. The molecule has 1 atom stereocenters. The lowest BCUT2D eigenvalue weighted by Gasteiger charge is -2.31. The van der Waals surface area contributed by atoms with E-state index in [9.17, 15) is 34.9 Å². The number of rotatable bonds is 5. The molecule has 0 radical (unpaired) electrons. The first kappa shape index (κ1) is 21.5. The van der Waals surface area contributed by atoms with Gasteiger partial charge in [0.15, 0.2) is 5.60 Å². The maximum atomic E-state index is 13.4. The highest BCUT2D eigenvalue weighted by Crippen LogP contribution is 2.47. The van der Waals surface area contributed by atoms with Crippen molar-refractivity contribution in [3.63, 3.8) is 0 Å². The number of ether oxygens (including phenoxy) is 1. The molecule has 3 aromatic rings. The van der Waals surface area contributed by atoms with Crippen LogP contribution in [0, 0.1) is 20.2 Å². The number of carbonyl (C=O) groups is 1. The van der Waals surface area contributed by atoms with Crippen molar-refractivity contribution in [3.8, 4) is 11.4 Å². The Morgan fingerprint density at radius 2 is 1.97 bits per heavy atom. The molecule has 2 aromatic heterocycles. The van der Waals surface area contributed by atoms with Crippen LogP contribution in [0.4, 0.5) is 5.69 Å². The molecule has 0 amide bonds. The van der Waals surface area contributed by atoms with Crippen molar-refractivity contribution in [3.05, 3.63) is 77.1 Å². The van der Waals surface area contributed by atoms with Crippen molar-refractivity contribution in [1.29, 1.82) is 0 Å². The van der Waals surface area contributed by atoms with Gasteiger partial charge in [0.2, 0.25) is 0 Å². The molecule has 0 saturated heterocycles. The number of nitrogens with zero attached hydrogens (tertiary/aromatic N) is 4. The number of aliphatic hydroxyl groups is 1. The van der Waals surface area contributed by atoms with Gasteiger partial charge < -0.3 is 14.7 Å². The van der Waals surface area contributed by atoms with Gasteiger partial charge in [-0.1, -0.05) is 25.1 Å². The number of pyridine rings is 2. The Kier molecular flexibility index (Phi) is 4.61. The number of carbonyl (C=O) groups excluding carboxylic acids is 1. The summed E-state index contributed by atoms with van der Waals surface area (Å²) in [7, 11) is 0. The van der Waals surface area contributed by atoms with Crippen molar-refractivity contribution in [2.75, 3.05) is 0 Å². The van der Waals surface area contributed by atoms with E-state index in [0.717, 1.165) is 4.57 Å². The average molecular weight is 468 g/mol. The number of hydrogen-bond acceptors (Lipinski definition) is 10. The number of hydrogen-bond donors (Lipinski definition) is 1. The van der Waals surface area contributed by atoms with Crippen LogP contribution in [0.1, 0.15) is 35.6 Å². The number of benzene rings is 1. The molecular formula is C21H16N4O9. The summed E-state index contributed by atoms with van der Waals surface area (Å²) >= 11 is 0. The van der Waals surface area contributed by atoms with Crippen LogP contribution in [-0.2, 0) is 39.7 Å². The van der Waals surface area contributed by atoms with Gasteiger partial charge in [-0.25, -0.2) is 9.78 Å². The Bertz CT molecular complexity index is 1500. The van der Waals surface area contributed by atoms with Crippen molar-refractivity contribution in [1.82, 2.24) is 9.55 Å². The zero-order chi connectivity index (χ0) is 24.4. The third kappa shape index (κ3) is 2.80. The van der Waals surface area contributed by atoms with Crippen molar-refractivity contribution < 1.29 is 29.5 Å². The van der Waals surface area contributed by atoms with Crippen LogP contribution >= 0.6 is 0 Å². The van der Waals surface area contributed by atoms with Crippen LogP contribution < -0.4 is 5.56 Å². The highest BCUT2D eigenvalue weighted by Gasteiger charge is 2.52. The molecule has 0 saturated carbocycles. The van der Waals surface area contributed by atoms with Gasteiger partial charge in [-0.3, -0.25) is 19.5 Å². The quantitative estimate of drug-likeness (QED) is 0.257. The van der Waals surface area contributed by atoms with Crippen molar-refractivity contribution in [2.45, 2.75) is 38.7 Å². The highest BCUT2D eigenvalue weighted by molar-refractivity contribution is 5.92. The molecule has 174 valence electrons. The smallest absolute Gasteiger partial charge is 0.343 e. The number of esters is 1. The van der Waals surface area contributed by atoms with E-state index in [1.165, 1.54) is 6.92 Å². The SMILES string of the molecule is CC[C@@]1(O)C(=O)OCc2c1c([N+](=O)[O-])c1n(c2=O)Cc2c-1nc1ccccc1c2CO[N+](=O)[O-]. The standard InChI is InChI=1S/C21H16N4O9/c1-2-21(28)15-13(8-33-20(21)27)19(26)23-7-11-12(9-34-25(31)32)10-5-3-4-6-14(10)22-16(11)18(23)17(15)24(29)30/h3-6,28H,2,7-9H2,1H3/t21-/m0/s1. The van der Waals surface area contributed by atoms with Crippen LogP contribution in [0.5, 0.6) is 0 Å². The molecule has 2 aliphatic heterocycles. The second-order valence-electron chi connectivity index (χ2n) is 7.92. The summed E-state index contributed by atoms with van der Waals surface area (Å²) in [4.78, 5) is 57.4. The predicted octanol–water partition coefficient (Wildman–Crippen LogP) is 1.70. The lowest BCUT2D eigenvalue weighted by atomic mass is 9.84. The Balaban J connectivity index is 1.90. The molecular weight excluding hydrogens is 452 g/mol. The number of para-hydroxylation sites is 1. The fourth-order valence-electron chi connectivity index (χ4n) is 4.71. The zero-order valence-corrected chi connectivity index (χ0v) is 17.6. The number of aromatic nitrogens is 2. The summed E-state index contributed by atoms with van der Waals surface area (Å²) in [6, 6.07) is 6.67. The Morgan fingerprint density at radius 3 is 2.65 bits per heavy atom. The van der Waals surface area contributed by atoms with E-state index < -0.39 is 51.6 Å². The maximum Gasteiger partial charge on any atom is 0.343 e. The van der Waals surface area contributed by atoms with Gasteiger partial charge >= 0.3 is 11.7 Å². The van der Waals surface area contributed by atoms with Gasteiger partial charge in [0.25, 0.3) is 10.6 Å². The van der Waals surface area contributed by atoms with Gasteiger partial charge in [0.05, 0.1) is 33.8 Å². The monoisotopic (exact) mass is 468 g/mol. The molecule has 1 N–H and O–H groups in total. The lowest BCUT2D eigenvalue weighted by Crippen LogP contribution is -2.45. The third-order valence-electron chi connectivity index (χ3n) is 6.30. The largest absolute Gasteiger partial charge is 0.458 e. The van der Waals surface area contributed by atoms with E-state index in [2.05, 4.69) is 9.82 Å². The summed E-state index contributed by atoms with van der Waals surface area (Å²) < 4.78 is 6.10. The second kappa shape index (κ2) is 7.31. The number of cyclic esters (lactones) is 1. The summed E-state index contributed by atoms with van der Waals surface area (Å²) in [5.74, 6) is -1.08. The summed E-state index contributed by atoms with van der Waals surface area (Å²) in [5, 5.41) is 33.8. The minimum absolute atomic E-state index is 0.0599. The minimum atomic E-state index is -2.39. The first-order chi connectivity index (χ1) is 16.2. The number of nitro groups is 1. The maximum absolute atomic E-state index is 13.4. The highest BCUT2D eigenvalue weighted by atomic mass is 16.9. The van der Waals surface area contributed by atoms with Crippen LogP contribution in [0.2, 0.25) is 0 Å². The van der Waals surface area contributed by atoms with Crippen LogP contribution in [-0.4, -0.2) is 30.6 Å². The Labute approximate surface area is 189 Å². The normalized spacial score (nSPS) is 18.1. The van der Waals surface area contributed by atoms with Crippen LogP contribution in [0.15, 0.2) is 29.1 Å². The molecule has 0 unspecified atom stereocenters. The van der Waals surface area contributed by atoms with E-state index in [1.54, 1.807) is 24.3 Å². The van der Waals surface area contributed by atoms with E-state index >= 15 is 0 Å². The second-order valence-corrected chi connectivity index (χ2v) is 7.92. The summed E-state index contributed by atoms with van der Waals surface area (Å²) in [6.45, 7) is 0.288. The topological polar surface area (TPSA) is 177 Å². The van der Waals surface area contributed by atoms with E-state index in [0.29, 0.717) is 22.0 Å². The molecule has 0 aliphatic carbocycles. The van der Waals surface area contributed by atoms with Gasteiger partial charge in [0.1, 0.15) is 18.9 Å². The minimum Gasteiger partial charge on any atom is -0.458 e. The fourth-order valence-corrected chi connectivity index (χ4v) is 4.71. The molecule has 1 aromatic carbocycles.